The zero-order valence-electron chi connectivity index (χ0n) is 14.3. The van der Waals surface area contributed by atoms with Gasteiger partial charge >= 0.3 is 0 Å². The third kappa shape index (κ3) is 3.23. The van der Waals surface area contributed by atoms with Gasteiger partial charge in [-0.25, -0.2) is 4.68 Å². The van der Waals surface area contributed by atoms with Gasteiger partial charge in [0.25, 0.3) is 5.91 Å². The molecular formula is C20H20N4O2. The minimum atomic E-state index is -0.460. The van der Waals surface area contributed by atoms with Crippen molar-refractivity contribution in [1.82, 2.24) is 19.7 Å². The number of piperidine rings is 1. The second-order valence-electron chi connectivity index (χ2n) is 6.46. The van der Waals surface area contributed by atoms with Gasteiger partial charge < -0.3 is 10.0 Å². The van der Waals surface area contributed by atoms with E-state index in [1.54, 1.807) is 28.2 Å². The third-order valence-corrected chi connectivity index (χ3v) is 4.58. The first-order chi connectivity index (χ1) is 12.7. The largest absolute Gasteiger partial charge is 0.391 e. The number of para-hydroxylation sites is 1. The molecule has 0 radical (unpaired) electrons. The Labute approximate surface area is 151 Å². The topological polar surface area (TPSA) is 71.2 Å². The third-order valence-electron chi connectivity index (χ3n) is 4.58. The number of amides is 1. The van der Waals surface area contributed by atoms with Crippen molar-refractivity contribution in [3.05, 3.63) is 66.6 Å². The van der Waals surface area contributed by atoms with Gasteiger partial charge in [-0.1, -0.05) is 18.2 Å². The first kappa shape index (κ1) is 16.5. The Bertz CT molecular complexity index is 893. The van der Waals surface area contributed by atoms with Crippen LogP contribution in [0.4, 0.5) is 0 Å². The molecule has 2 aromatic heterocycles. The van der Waals surface area contributed by atoms with Crippen LogP contribution in [0.2, 0.25) is 0 Å². The lowest BCUT2D eigenvalue weighted by molar-refractivity contribution is 0.0474. The Morgan fingerprint density at radius 3 is 2.73 bits per heavy atom. The van der Waals surface area contributed by atoms with Crippen LogP contribution in [0.25, 0.3) is 16.9 Å². The second-order valence-corrected chi connectivity index (χ2v) is 6.46. The number of pyridine rings is 1. The standard InChI is InChI=1S/C20H20N4O2/c25-17-9-5-11-23(13-17)20(26)18-14-24(16-7-2-1-3-8-16)22-19(18)15-6-4-10-21-12-15/h1-4,6-8,10,12,14,17,25H,5,9,11,13H2. The molecule has 1 atom stereocenters. The van der Waals surface area contributed by atoms with Crippen molar-refractivity contribution in [2.45, 2.75) is 18.9 Å². The molecule has 132 valence electrons. The number of aliphatic hydroxyl groups is 1. The summed E-state index contributed by atoms with van der Waals surface area (Å²) in [7, 11) is 0. The molecule has 1 N–H and O–H groups in total. The molecule has 0 spiro atoms. The van der Waals surface area contributed by atoms with Crippen molar-refractivity contribution < 1.29 is 9.90 Å². The van der Waals surface area contributed by atoms with Gasteiger partial charge in [0.15, 0.2) is 0 Å². The van der Waals surface area contributed by atoms with Crippen molar-refractivity contribution in [2.24, 2.45) is 0 Å². The number of β-amino-alcohol motifs (C(OH)–C–C–N with tert-alkyl or cyclic N) is 1. The lowest BCUT2D eigenvalue weighted by Gasteiger charge is -2.30. The summed E-state index contributed by atoms with van der Waals surface area (Å²) < 4.78 is 1.72. The summed E-state index contributed by atoms with van der Waals surface area (Å²) in [5.41, 5.74) is 2.81. The highest BCUT2D eigenvalue weighted by molar-refractivity contribution is 6.00. The Hall–Kier alpha value is -2.99. The summed E-state index contributed by atoms with van der Waals surface area (Å²) in [4.78, 5) is 19.0. The number of aliphatic hydroxyl groups excluding tert-OH is 1. The summed E-state index contributed by atoms with van der Waals surface area (Å²) in [5, 5.41) is 14.6. The molecule has 1 fully saturated rings. The first-order valence-corrected chi connectivity index (χ1v) is 8.75. The van der Waals surface area contributed by atoms with E-state index in [1.807, 2.05) is 42.5 Å². The minimum absolute atomic E-state index is 0.107. The summed E-state index contributed by atoms with van der Waals surface area (Å²) >= 11 is 0. The number of aromatic nitrogens is 3. The molecule has 6 nitrogen and oxygen atoms in total. The van der Waals surface area contributed by atoms with Crippen molar-refractivity contribution in [3.8, 4) is 16.9 Å². The van der Waals surface area contributed by atoms with Crippen molar-refractivity contribution in [1.29, 1.82) is 0 Å². The predicted molar refractivity (Wildman–Crippen MR) is 97.9 cm³/mol. The maximum absolute atomic E-state index is 13.1. The zero-order valence-corrected chi connectivity index (χ0v) is 14.3. The number of hydrogen-bond donors (Lipinski definition) is 1. The van der Waals surface area contributed by atoms with E-state index in [0.29, 0.717) is 24.3 Å². The summed E-state index contributed by atoms with van der Waals surface area (Å²) in [6.07, 6.45) is 6.25. The van der Waals surface area contributed by atoms with Gasteiger partial charge in [0.1, 0.15) is 5.69 Å². The van der Waals surface area contributed by atoms with Gasteiger partial charge in [-0.05, 0) is 37.1 Å². The molecule has 1 aromatic carbocycles. The lowest BCUT2D eigenvalue weighted by Crippen LogP contribution is -2.42. The molecule has 6 heteroatoms. The Morgan fingerprint density at radius 1 is 1.15 bits per heavy atom. The average Bonchev–Trinajstić information content (AvgIpc) is 3.14. The SMILES string of the molecule is O=C(c1cn(-c2ccccc2)nc1-c1cccnc1)N1CCCC(O)C1. The molecular weight excluding hydrogens is 328 g/mol. The van der Waals surface area contributed by atoms with Crippen LogP contribution in [0.5, 0.6) is 0 Å². The van der Waals surface area contributed by atoms with Crippen LogP contribution >= 0.6 is 0 Å². The number of likely N-dealkylation sites (tertiary alicyclic amines) is 1. The normalized spacial score (nSPS) is 17.3. The predicted octanol–water partition coefficient (Wildman–Crippen LogP) is 2.53. The van der Waals surface area contributed by atoms with E-state index in [2.05, 4.69) is 10.1 Å². The molecule has 4 rings (SSSR count). The van der Waals surface area contributed by atoms with Crippen LogP contribution in [0, 0.1) is 0 Å². The van der Waals surface area contributed by atoms with Gasteiger partial charge in [-0.2, -0.15) is 5.10 Å². The van der Waals surface area contributed by atoms with Crippen LogP contribution in [0.15, 0.2) is 61.1 Å². The van der Waals surface area contributed by atoms with Crippen molar-refractivity contribution in [2.75, 3.05) is 13.1 Å². The molecule has 26 heavy (non-hydrogen) atoms. The fourth-order valence-electron chi connectivity index (χ4n) is 3.27. The number of benzene rings is 1. The van der Waals surface area contributed by atoms with Crippen LogP contribution in [0.3, 0.4) is 0 Å². The quantitative estimate of drug-likeness (QED) is 0.789. The molecule has 3 heterocycles. The fraction of sp³-hybridized carbons (Fsp3) is 0.250. The highest BCUT2D eigenvalue weighted by atomic mass is 16.3. The van der Waals surface area contributed by atoms with Crippen LogP contribution in [-0.4, -0.2) is 49.9 Å². The average molecular weight is 348 g/mol. The van der Waals surface area contributed by atoms with Crippen LogP contribution in [0.1, 0.15) is 23.2 Å². The Balaban J connectivity index is 1.77. The van der Waals surface area contributed by atoms with E-state index < -0.39 is 6.10 Å². The van der Waals surface area contributed by atoms with Gasteiger partial charge in [0.2, 0.25) is 0 Å². The van der Waals surface area contributed by atoms with E-state index in [9.17, 15) is 9.90 Å². The van der Waals surface area contributed by atoms with Gasteiger partial charge in [0.05, 0.1) is 17.4 Å². The lowest BCUT2D eigenvalue weighted by atomic mass is 10.1. The van der Waals surface area contributed by atoms with E-state index in [4.69, 9.17) is 0 Å². The smallest absolute Gasteiger partial charge is 0.257 e. The molecule has 1 saturated heterocycles. The highest BCUT2D eigenvalue weighted by Crippen LogP contribution is 2.25. The number of nitrogens with zero attached hydrogens (tertiary/aromatic N) is 4. The fourth-order valence-corrected chi connectivity index (χ4v) is 3.27. The summed E-state index contributed by atoms with van der Waals surface area (Å²) in [5.74, 6) is -0.107. The van der Waals surface area contributed by atoms with E-state index in [-0.39, 0.29) is 5.91 Å². The molecule has 1 aliphatic rings. The maximum Gasteiger partial charge on any atom is 0.257 e. The minimum Gasteiger partial charge on any atom is -0.391 e. The molecule has 1 amide bonds. The molecule has 0 bridgehead atoms. The van der Waals surface area contributed by atoms with Crippen LogP contribution in [-0.2, 0) is 0 Å². The Morgan fingerprint density at radius 2 is 2.00 bits per heavy atom. The van der Waals surface area contributed by atoms with Crippen LogP contribution < -0.4 is 0 Å². The van der Waals surface area contributed by atoms with E-state index >= 15 is 0 Å². The van der Waals surface area contributed by atoms with Crippen molar-refractivity contribution in [3.63, 3.8) is 0 Å². The number of carbonyl (C=O) groups is 1. The Kier molecular flexibility index (Phi) is 4.50. The number of rotatable bonds is 3. The molecule has 3 aromatic rings. The van der Waals surface area contributed by atoms with Crippen molar-refractivity contribution >= 4 is 5.91 Å². The highest BCUT2D eigenvalue weighted by Gasteiger charge is 2.27. The van der Waals surface area contributed by atoms with Gasteiger partial charge in [-0.15, -0.1) is 0 Å². The van der Waals surface area contributed by atoms with E-state index in [1.165, 1.54) is 0 Å². The maximum atomic E-state index is 13.1. The number of hydrogen-bond acceptors (Lipinski definition) is 4. The summed E-state index contributed by atoms with van der Waals surface area (Å²) in [6.45, 7) is 1.01. The number of carbonyl (C=O) groups excluding carboxylic acids is 1. The summed E-state index contributed by atoms with van der Waals surface area (Å²) in [6, 6.07) is 13.4. The van der Waals surface area contributed by atoms with E-state index in [0.717, 1.165) is 24.1 Å². The van der Waals surface area contributed by atoms with Gasteiger partial charge in [-0.3, -0.25) is 9.78 Å². The zero-order chi connectivity index (χ0) is 17.9. The molecule has 0 saturated carbocycles. The molecule has 1 aliphatic heterocycles. The molecule has 1 unspecified atom stereocenters. The second kappa shape index (κ2) is 7.09. The monoisotopic (exact) mass is 348 g/mol. The van der Waals surface area contributed by atoms with Gasteiger partial charge in [0, 0.05) is 37.2 Å². The molecule has 0 aliphatic carbocycles. The first-order valence-electron chi connectivity index (χ1n) is 8.75.